The highest BCUT2D eigenvalue weighted by atomic mass is 79.9. The number of nitrogens with zero attached hydrogens (tertiary/aromatic N) is 1. The van der Waals surface area contributed by atoms with Gasteiger partial charge in [0.2, 0.25) is 10.0 Å². The van der Waals surface area contributed by atoms with Crippen molar-refractivity contribution in [2.45, 2.75) is 22.8 Å². The maximum atomic E-state index is 12.6. The van der Waals surface area contributed by atoms with E-state index in [2.05, 4.69) is 21.2 Å². The monoisotopic (exact) mass is 432 g/mol. The topological polar surface area (TPSA) is 83.6 Å². The highest BCUT2D eigenvalue weighted by Gasteiger charge is 2.30. The Bertz CT molecular complexity index is 752. The molecule has 10 heteroatoms. The molecule has 0 amide bonds. The quantitative estimate of drug-likeness (QED) is 0.776. The third kappa shape index (κ3) is 4.21. The van der Waals surface area contributed by atoms with E-state index in [1.165, 1.54) is 22.5 Å². The van der Waals surface area contributed by atoms with Crippen LogP contribution < -0.4 is 5.32 Å². The van der Waals surface area contributed by atoms with Crippen LogP contribution in [-0.2, 0) is 19.9 Å². The molecule has 1 aromatic carbocycles. The summed E-state index contributed by atoms with van der Waals surface area (Å²) in [6, 6.07) is 4.07. The first-order valence-electron chi connectivity index (χ1n) is 6.35. The van der Waals surface area contributed by atoms with Crippen molar-refractivity contribution in [2.24, 2.45) is 0 Å². The van der Waals surface area contributed by atoms with Gasteiger partial charge in [0.1, 0.15) is 0 Å². The lowest BCUT2D eigenvalue weighted by Crippen LogP contribution is -2.51. The molecule has 6 nitrogen and oxygen atoms in total. The molecule has 0 unspecified atom stereocenters. The van der Waals surface area contributed by atoms with Crippen molar-refractivity contribution in [1.29, 1.82) is 0 Å². The van der Waals surface area contributed by atoms with E-state index < -0.39 is 19.9 Å². The fourth-order valence-corrected chi connectivity index (χ4v) is 5.54. The SMILES string of the molecule is C[C@H]1CN(S(=O)(=O)c2ccc(S(C)(=O)=O)cc2Br)CCN1.Cl. The summed E-state index contributed by atoms with van der Waals surface area (Å²) in [7, 11) is -7.01. The fourth-order valence-electron chi connectivity index (χ4n) is 2.18. The van der Waals surface area contributed by atoms with Crippen molar-refractivity contribution < 1.29 is 16.8 Å². The minimum Gasteiger partial charge on any atom is -0.312 e. The van der Waals surface area contributed by atoms with Crippen molar-refractivity contribution in [3.8, 4) is 0 Å². The number of sulfonamides is 1. The number of hydrogen-bond donors (Lipinski definition) is 1. The van der Waals surface area contributed by atoms with E-state index in [1.807, 2.05) is 6.92 Å². The summed E-state index contributed by atoms with van der Waals surface area (Å²) in [5, 5.41) is 3.18. The predicted octanol–water partition coefficient (Wildman–Crippen LogP) is 1.26. The van der Waals surface area contributed by atoms with Gasteiger partial charge in [-0.3, -0.25) is 0 Å². The first-order valence-corrected chi connectivity index (χ1v) is 10.5. The Kier molecular flexibility index (Phi) is 6.45. The molecule has 1 aliphatic rings. The van der Waals surface area contributed by atoms with Gasteiger partial charge in [0.15, 0.2) is 9.84 Å². The summed E-state index contributed by atoms with van der Waals surface area (Å²) >= 11 is 3.17. The molecule has 1 heterocycles. The van der Waals surface area contributed by atoms with Gasteiger partial charge in [0, 0.05) is 36.4 Å². The minimum atomic E-state index is -3.64. The van der Waals surface area contributed by atoms with Crippen molar-refractivity contribution >= 4 is 48.2 Å². The van der Waals surface area contributed by atoms with Gasteiger partial charge in [-0.15, -0.1) is 12.4 Å². The molecule has 1 N–H and O–H groups in total. The smallest absolute Gasteiger partial charge is 0.244 e. The number of benzene rings is 1. The van der Waals surface area contributed by atoms with Gasteiger partial charge in [-0.1, -0.05) is 0 Å². The van der Waals surface area contributed by atoms with E-state index in [9.17, 15) is 16.8 Å². The lowest BCUT2D eigenvalue weighted by Gasteiger charge is -2.31. The molecule has 0 radical (unpaired) electrons. The van der Waals surface area contributed by atoms with Crippen LogP contribution in [0, 0.1) is 0 Å². The molecular weight excluding hydrogens is 416 g/mol. The fraction of sp³-hybridized carbons (Fsp3) is 0.500. The summed E-state index contributed by atoms with van der Waals surface area (Å²) in [5.74, 6) is 0. The Hall–Kier alpha value is -0.190. The summed E-state index contributed by atoms with van der Waals surface area (Å²) in [4.78, 5) is 0.172. The molecule has 0 spiro atoms. The maximum Gasteiger partial charge on any atom is 0.244 e. The molecular formula is C12H18BrClN2O4S2. The van der Waals surface area contributed by atoms with E-state index in [0.717, 1.165) is 6.26 Å². The second-order valence-corrected chi connectivity index (χ2v) is 9.86. The number of hydrogen-bond acceptors (Lipinski definition) is 5. The predicted molar refractivity (Wildman–Crippen MR) is 90.7 cm³/mol. The normalized spacial score (nSPS) is 20.4. The largest absolute Gasteiger partial charge is 0.312 e. The van der Waals surface area contributed by atoms with Crippen molar-refractivity contribution in [3.05, 3.63) is 22.7 Å². The van der Waals surface area contributed by atoms with Crippen molar-refractivity contribution in [2.75, 3.05) is 25.9 Å². The third-order valence-electron chi connectivity index (χ3n) is 3.28. The molecule has 1 fully saturated rings. The molecule has 22 heavy (non-hydrogen) atoms. The Morgan fingerprint density at radius 3 is 2.41 bits per heavy atom. The molecule has 1 saturated heterocycles. The Morgan fingerprint density at radius 1 is 1.27 bits per heavy atom. The van der Waals surface area contributed by atoms with Gasteiger partial charge < -0.3 is 5.32 Å². The van der Waals surface area contributed by atoms with Crippen LogP contribution >= 0.6 is 28.3 Å². The summed E-state index contributed by atoms with van der Waals surface area (Å²) in [6.45, 7) is 3.30. The molecule has 2 rings (SSSR count). The summed E-state index contributed by atoms with van der Waals surface area (Å²) < 4.78 is 49.9. The van der Waals surface area contributed by atoms with Gasteiger partial charge in [-0.2, -0.15) is 4.31 Å². The van der Waals surface area contributed by atoms with Crippen LogP contribution in [0.3, 0.4) is 0 Å². The lowest BCUT2D eigenvalue weighted by atomic mass is 10.3. The second-order valence-electron chi connectivity index (χ2n) is 5.08. The van der Waals surface area contributed by atoms with Crippen LogP contribution in [0.25, 0.3) is 0 Å². The number of halogens is 2. The average molecular weight is 434 g/mol. The van der Waals surface area contributed by atoms with Crippen LogP contribution in [0.5, 0.6) is 0 Å². The zero-order valence-corrected chi connectivity index (χ0v) is 16.1. The van der Waals surface area contributed by atoms with Gasteiger partial charge in [0.05, 0.1) is 9.79 Å². The van der Waals surface area contributed by atoms with E-state index in [-0.39, 0.29) is 32.7 Å². The minimum absolute atomic E-state index is 0. The first kappa shape index (κ1) is 19.9. The van der Waals surface area contributed by atoms with E-state index in [0.29, 0.717) is 19.6 Å². The molecule has 0 saturated carbocycles. The van der Waals surface area contributed by atoms with Crippen molar-refractivity contribution in [1.82, 2.24) is 9.62 Å². The summed E-state index contributed by atoms with van der Waals surface area (Å²) in [6.07, 6.45) is 1.08. The Morgan fingerprint density at radius 2 is 1.91 bits per heavy atom. The molecule has 0 aromatic heterocycles. The Labute approximate surface area is 145 Å². The molecule has 0 aliphatic carbocycles. The van der Waals surface area contributed by atoms with E-state index >= 15 is 0 Å². The summed E-state index contributed by atoms with van der Waals surface area (Å²) in [5.41, 5.74) is 0. The number of nitrogens with one attached hydrogen (secondary N) is 1. The Balaban J connectivity index is 0.00000242. The zero-order valence-electron chi connectivity index (χ0n) is 12.1. The highest BCUT2D eigenvalue weighted by molar-refractivity contribution is 9.10. The average Bonchev–Trinajstić information content (AvgIpc) is 2.37. The highest BCUT2D eigenvalue weighted by Crippen LogP contribution is 2.28. The molecule has 1 aromatic rings. The van der Waals surface area contributed by atoms with Crippen LogP contribution in [0.15, 0.2) is 32.5 Å². The number of piperazine rings is 1. The van der Waals surface area contributed by atoms with Gasteiger partial charge in [-0.05, 0) is 41.1 Å². The van der Waals surface area contributed by atoms with Gasteiger partial charge in [-0.25, -0.2) is 16.8 Å². The first-order chi connectivity index (χ1) is 9.62. The number of sulfone groups is 1. The van der Waals surface area contributed by atoms with Crippen LogP contribution in [0.2, 0.25) is 0 Å². The van der Waals surface area contributed by atoms with Gasteiger partial charge in [0.25, 0.3) is 0 Å². The molecule has 126 valence electrons. The van der Waals surface area contributed by atoms with E-state index in [4.69, 9.17) is 0 Å². The van der Waals surface area contributed by atoms with Crippen LogP contribution in [0.1, 0.15) is 6.92 Å². The zero-order chi connectivity index (χ0) is 15.8. The van der Waals surface area contributed by atoms with Crippen LogP contribution in [-0.4, -0.2) is 53.1 Å². The molecule has 1 aliphatic heterocycles. The standard InChI is InChI=1S/C12H17BrN2O4S2.ClH/c1-9-8-15(6-5-14-9)21(18,19)12-4-3-10(7-11(12)13)20(2,16)17;/h3-4,7,9,14H,5-6,8H2,1-2H3;1H/t9-;/m0./s1. The maximum absolute atomic E-state index is 12.6. The van der Waals surface area contributed by atoms with E-state index in [1.54, 1.807) is 0 Å². The molecule has 1 atom stereocenters. The third-order valence-corrected chi connectivity index (χ3v) is 7.23. The van der Waals surface area contributed by atoms with Gasteiger partial charge >= 0.3 is 0 Å². The lowest BCUT2D eigenvalue weighted by molar-refractivity contribution is 0.310. The van der Waals surface area contributed by atoms with Crippen LogP contribution in [0.4, 0.5) is 0 Å². The molecule has 0 bridgehead atoms. The number of rotatable bonds is 3. The van der Waals surface area contributed by atoms with Crippen molar-refractivity contribution in [3.63, 3.8) is 0 Å². The second kappa shape index (κ2) is 7.14.